The number of alkyl carbamates (subject to hydrolysis) is 1. The number of carbonyl (C=O) groups excluding carboxylic acids is 2. The van der Waals surface area contributed by atoms with Gasteiger partial charge in [0.05, 0.1) is 6.04 Å². The average molecular weight is 355 g/mol. The topological polar surface area (TPSA) is 64.6 Å². The van der Waals surface area contributed by atoms with Gasteiger partial charge in [0, 0.05) is 0 Å². The summed E-state index contributed by atoms with van der Waals surface area (Å²) < 4.78 is 11.0. The van der Waals surface area contributed by atoms with Crippen molar-refractivity contribution in [2.75, 3.05) is 0 Å². The minimum Gasteiger partial charge on any atom is -0.489 e. The third-order valence-electron chi connectivity index (χ3n) is 3.47. The summed E-state index contributed by atoms with van der Waals surface area (Å²) in [6, 6.07) is 16.7. The minimum atomic E-state index is -0.658. The Morgan fingerprint density at radius 3 is 2.42 bits per heavy atom. The number of amides is 1. The molecule has 0 bridgehead atoms. The standard InChI is InChI=1S/C21H25NO4/c1-21(2,3)26-20(24)22-18(14-23)12-17-10-7-11-19(13-17)25-15-16-8-5-4-6-9-16/h4-11,13-14,18H,12,15H2,1-3H3,(H,22,24). The maximum Gasteiger partial charge on any atom is 0.408 e. The molecular formula is C21H25NO4. The van der Waals surface area contributed by atoms with E-state index in [2.05, 4.69) is 5.32 Å². The molecule has 0 radical (unpaired) electrons. The van der Waals surface area contributed by atoms with Crippen molar-refractivity contribution < 1.29 is 19.1 Å². The van der Waals surface area contributed by atoms with E-state index in [4.69, 9.17) is 9.47 Å². The van der Waals surface area contributed by atoms with E-state index in [1.54, 1.807) is 20.8 Å². The lowest BCUT2D eigenvalue weighted by molar-refractivity contribution is -0.109. The molecular weight excluding hydrogens is 330 g/mol. The van der Waals surface area contributed by atoms with Crippen LogP contribution in [0.15, 0.2) is 54.6 Å². The summed E-state index contributed by atoms with van der Waals surface area (Å²) in [5.74, 6) is 0.716. The number of aldehydes is 1. The Morgan fingerprint density at radius 2 is 1.77 bits per heavy atom. The second kappa shape index (κ2) is 9.04. The first-order chi connectivity index (χ1) is 12.4. The molecule has 1 amide bonds. The predicted molar refractivity (Wildman–Crippen MR) is 100 cm³/mol. The van der Waals surface area contributed by atoms with Gasteiger partial charge in [-0.15, -0.1) is 0 Å². The van der Waals surface area contributed by atoms with Crippen LogP contribution in [0.25, 0.3) is 0 Å². The quantitative estimate of drug-likeness (QED) is 0.765. The van der Waals surface area contributed by atoms with Gasteiger partial charge in [-0.25, -0.2) is 4.79 Å². The summed E-state index contributed by atoms with van der Waals surface area (Å²) in [5, 5.41) is 2.58. The van der Waals surface area contributed by atoms with E-state index in [0.717, 1.165) is 11.1 Å². The molecule has 0 saturated carbocycles. The summed E-state index contributed by atoms with van der Waals surface area (Å²) >= 11 is 0. The molecule has 0 aliphatic carbocycles. The van der Waals surface area contributed by atoms with Gasteiger partial charge in [-0.05, 0) is 50.5 Å². The Balaban J connectivity index is 1.93. The number of benzene rings is 2. The van der Waals surface area contributed by atoms with Crippen LogP contribution in [-0.2, 0) is 22.6 Å². The van der Waals surface area contributed by atoms with Crippen LogP contribution in [-0.4, -0.2) is 24.0 Å². The van der Waals surface area contributed by atoms with E-state index >= 15 is 0 Å². The zero-order chi connectivity index (χ0) is 19.0. The molecule has 0 spiro atoms. The second-order valence-corrected chi connectivity index (χ2v) is 7.01. The Hall–Kier alpha value is -2.82. The summed E-state index contributed by atoms with van der Waals surface area (Å²) in [6.45, 7) is 5.79. The molecule has 5 nitrogen and oxygen atoms in total. The predicted octanol–water partition coefficient (Wildman–Crippen LogP) is 3.90. The van der Waals surface area contributed by atoms with Crippen LogP contribution in [0.3, 0.4) is 0 Å². The van der Waals surface area contributed by atoms with E-state index in [1.165, 1.54) is 0 Å². The van der Waals surface area contributed by atoms with Crippen molar-refractivity contribution in [1.82, 2.24) is 5.32 Å². The number of ether oxygens (including phenoxy) is 2. The lowest BCUT2D eigenvalue weighted by Crippen LogP contribution is -2.41. The fourth-order valence-corrected chi connectivity index (χ4v) is 2.35. The summed E-state index contributed by atoms with van der Waals surface area (Å²) in [7, 11) is 0. The van der Waals surface area contributed by atoms with Gasteiger partial charge in [0.15, 0.2) is 0 Å². The lowest BCUT2D eigenvalue weighted by Gasteiger charge is -2.21. The van der Waals surface area contributed by atoms with Crippen molar-refractivity contribution in [2.24, 2.45) is 0 Å². The second-order valence-electron chi connectivity index (χ2n) is 7.01. The molecule has 2 rings (SSSR count). The van der Waals surface area contributed by atoms with Gasteiger partial charge in [-0.1, -0.05) is 42.5 Å². The molecule has 0 saturated heterocycles. The van der Waals surface area contributed by atoms with E-state index in [-0.39, 0.29) is 0 Å². The van der Waals surface area contributed by atoms with Gasteiger partial charge >= 0.3 is 6.09 Å². The normalized spacial score (nSPS) is 12.1. The first kappa shape index (κ1) is 19.5. The molecule has 2 aromatic carbocycles. The van der Waals surface area contributed by atoms with Crippen LogP contribution in [0.4, 0.5) is 4.79 Å². The summed E-state index contributed by atoms with van der Waals surface area (Å²) in [5.41, 5.74) is 1.36. The number of nitrogens with one attached hydrogen (secondary N) is 1. The molecule has 0 heterocycles. The van der Waals surface area contributed by atoms with Gasteiger partial charge in [-0.3, -0.25) is 0 Å². The first-order valence-corrected chi connectivity index (χ1v) is 8.56. The minimum absolute atomic E-state index is 0.366. The van der Waals surface area contributed by atoms with Crippen molar-refractivity contribution in [3.63, 3.8) is 0 Å². The molecule has 0 aliphatic rings. The van der Waals surface area contributed by atoms with Crippen molar-refractivity contribution in [1.29, 1.82) is 0 Å². The smallest absolute Gasteiger partial charge is 0.408 e. The van der Waals surface area contributed by atoms with Crippen molar-refractivity contribution in [2.45, 2.75) is 45.4 Å². The number of hydrogen-bond donors (Lipinski definition) is 1. The molecule has 138 valence electrons. The maximum absolute atomic E-state index is 11.8. The fraction of sp³-hybridized carbons (Fsp3) is 0.333. The summed E-state index contributed by atoms with van der Waals surface area (Å²) in [6.07, 6.45) is 0.471. The molecule has 0 fully saturated rings. The van der Waals surface area contributed by atoms with Gasteiger partial charge in [0.2, 0.25) is 0 Å². The number of rotatable bonds is 7. The highest BCUT2D eigenvalue weighted by molar-refractivity contribution is 5.73. The van der Waals surface area contributed by atoms with E-state index in [9.17, 15) is 9.59 Å². The van der Waals surface area contributed by atoms with Crippen LogP contribution in [0.2, 0.25) is 0 Å². The molecule has 26 heavy (non-hydrogen) atoms. The molecule has 1 unspecified atom stereocenters. The van der Waals surface area contributed by atoms with E-state index in [1.807, 2.05) is 54.6 Å². The third-order valence-corrected chi connectivity index (χ3v) is 3.47. The molecule has 2 aromatic rings. The molecule has 5 heteroatoms. The average Bonchev–Trinajstić information content (AvgIpc) is 2.59. The Bertz CT molecular complexity index is 722. The Kier molecular flexibility index (Phi) is 6.78. The highest BCUT2D eigenvalue weighted by Gasteiger charge is 2.19. The monoisotopic (exact) mass is 355 g/mol. The Morgan fingerprint density at radius 1 is 1.08 bits per heavy atom. The molecule has 1 atom stereocenters. The lowest BCUT2D eigenvalue weighted by atomic mass is 10.1. The van der Waals surface area contributed by atoms with Crippen LogP contribution < -0.4 is 10.1 Å². The van der Waals surface area contributed by atoms with Crippen molar-refractivity contribution in [3.05, 3.63) is 65.7 Å². The highest BCUT2D eigenvalue weighted by atomic mass is 16.6. The van der Waals surface area contributed by atoms with Gasteiger partial charge in [0.25, 0.3) is 0 Å². The van der Waals surface area contributed by atoms with Crippen molar-refractivity contribution in [3.8, 4) is 5.75 Å². The fourth-order valence-electron chi connectivity index (χ4n) is 2.35. The van der Waals surface area contributed by atoms with Gasteiger partial charge < -0.3 is 19.6 Å². The van der Waals surface area contributed by atoms with Crippen LogP contribution in [0.5, 0.6) is 5.75 Å². The van der Waals surface area contributed by atoms with E-state index < -0.39 is 17.7 Å². The molecule has 0 aromatic heterocycles. The number of hydrogen-bond acceptors (Lipinski definition) is 4. The first-order valence-electron chi connectivity index (χ1n) is 8.56. The van der Waals surface area contributed by atoms with Crippen LogP contribution in [0, 0.1) is 0 Å². The summed E-state index contributed by atoms with van der Waals surface area (Å²) in [4.78, 5) is 23.1. The SMILES string of the molecule is CC(C)(C)OC(=O)NC(C=O)Cc1cccc(OCc2ccccc2)c1. The zero-order valence-corrected chi connectivity index (χ0v) is 15.4. The van der Waals surface area contributed by atoms with Crippen LogP contribution >= 0.6 is 0 Å². The van der Waals surface area contributed by atoms with Gasteiger partial charge in [-0.2, -0.15) is 0 Å². The number of carbonyl (C=O) groups is 2. The highest BCUT2D eigenvalue weighted by Crippen LogP contribution is 2.16. The molecule has 1 N–H and O–H groups in total. The maximum atomic E-state index is 11.8. The van der Waals surface area contributed by atoms with E-state index in [0.29, 0.717) is 25.1 Å². The Labute approximate surface area is 154 Å². The van der Waals surface area contributed by atoms with Gasteiger partial charge in [0.1, 0.15) is 24.2 Å². The zero-order valence-electron chi connectivity index (χ0n) is 15.4. The largest absolute Gasteiger partial charge is 0.489 e. The van der Waals surface area contributed by atoms with Crippen LogP contribution in [0.1, 0.15) is 31.9 Å². The third kappa shape index (κ3) is 6.97. The van der Waals surface area contributed by atoms with Crippen molar-refractivity contribution >= 4 is 12.4 Å². The molecule has 0 aliphatic heterocycles.